The number of hydrogen-bond donors (Lipinski definition) is 1. The lowest BCUT2D eigenvalue weighted by Gasteiger charge is -2.00. The molecule has 13 heavy (non-hydrogen) atoms. The van der Waals surface area contributed by atoms with Crippen molar-refractivity contribution in [1.82, 2.24) is 0 Å². The summed E-state index contributed by atoms with van der Waals surface area (Å²) in [5, 5.41) is 10.4. The van der Waals surface area contributed by atoms with Gasteiger partial charge in [-0.3, -0.25) is 10.1 Å². The van der Waals surface area contributed by atoms with E-state index in [1.807, 2.05) is 0 Å². The molecule has 70 valence electrons. The van der Waals surface area contributed by atoms with Gasteiger partial charge in [0.25, 0.3) is 5.69 Å². The van der Waals surface area contributed by atoms with Gasteiger partial charge in [0, 0.05) is 12.1 Å². The summed E-state index contributed by atoms with van der Waals surface area (Å²) in [5.41, 5.74) is 5.17. The molecule has 0 saturated carbocycles. The van der Waals surface area contributed by atoms with Crippen LogP contribution in [0.1, 0.15) is 5.56 Å². The minimum Gasteiger partial charge on any atom is -0.326 e. The zero-order chi connectivity index (χ0) is 10.0. The second-order valence-electron chi connectivity index (χ2n) is 2.36. The van der Waals surface area contributed by atoms with E-state index in [1.165, 1.54) is 6.07 Å². The number of halogens is 2. The molecule has 0 bridgehead atoms. The van der Waals surface area contributed by atoms with Crippen LogP contribution in [-0.2, 0) is 6.54 Å². The lowest BCUT2D eigenvalue weighted by atomic mass is 10.2. The Kier molecular flexibility index (Phi) is 2.94. The fraction of sp³-hybridized carbons (Fsp3) is 0.143. The lowest BCUT2D eigenvalue weighted by molar-refractivity contribution is -0.385. The van der Waals surface area contributed by atoms with Crippen LogP contribution in [0.5, 0.6) is 0 Å². The molecule has 0 aromatic heterocycles. The summed E-state index contributed by atoms with van der Waals surface area (Å²) in [7, 11) is 0. The number of benzene rings is 1. The van der Waals surface area contributed by atoms with E-state index in [1.54, 1.807) is 0 Å². The van der Waals surface area contributed by atoms with Gasteiger partial charge >= 0.3 is 0 Å². The fourth-order valence-corrected chi connectivity index (χ4v) is 1.41. The molecule has 0 spiro atoms. The van der Waals surface area contributed by atoms with Crippen molar-refractivity contribution < 1.29 is 9.31 Å². The summed E-state index contributed by atoms with van der Waals surface area (Å²) in [6, 6.07) is 2.17. The standard InChI is InChI=1S/C7H6BrFN2O2/c8-5-1-4(3-10)6(9)2-7(5)11(12)13/h1-2H,3,10H2. The van der Waals surface area contributed by atoms with Crippen molar-refractivity contribution in [2.24, 2.45) is 5.73 Å². The molecule has 0 radical (unpaired) electrons. The van der Waals surface area contributed by atoms with E-state index in [4.69, 9.17) is 5.73 Å². The Balaban J connectivity index is 3.28. The first-order valence-corrected chi connectivity index (χ1v) is 4.18. The highest BCUT2D eigenvalue weighted by Crippen LogP contribution is 2.27. The summed E-state index contributed by atoms with van der Waals surface area (Å²) < 4.78 is 13.2. The summed E-state index contributed by atoms with van der Waals surface area (Å²) >= 11 is 2.96. The highest BCUT2D eigenvalue weighted by molar-refractivity contribution is 9.10. The number of nitro groups is 1. The predicted octanol–water partition coefficient (Wildman–Crippen LogP) is 1.96. The Morgan fingerprint density at radius 1 is 1.62 bits per heavy atom. The van der Waals surface area contributed by atoms with Crippen molar-refractivity contribution in [3.63, 3.8) is 0 Å². The first kappa shape index (κ1) is 10.1. The van der Waals surface area contributed by atoms with Crippen LogP contribution in [0.15, 0.2) is 16.6 Å². The van der Waals surface area contributed by atoms with Crippen LogP contribution in [0.25, 0.3) is 0 Å². The van der Waals surface area contributed by atoms with Gasteiger partial charge in [-0.05, 0) is 22.0 Å². The second-order valence-corrected chi connectivity index (χ2v) is 3.21. The van der Waals surface area contributed by atoms with Gasteiger partial charge < -0.3 is 5.73 Å². The molecule has 1 aromatic carbocycles. The molecule has 0 saturated heterocycles. The zero-order valence-corrected chi connectivity index (χ0v) is 8.04. The zero-order valence-electron chi connectivity index (χ0n) is 6.46. The van der Waals surface area contributed by atoms with Crippen molar-refractivity contribution in [2.45, 2.75) is 6.54 Å². The maximum atomic E-state index is 13.0. The first-order chi connectivity index (χ1) is 6.06. The van der Waals surface area contributed by atoms with Gasteiger partial charge in [-0.2, -0.15) is 0 Å². The Hall–Kier alpha value is -1.01. The van der Waals surface area contributed by atoms with E-state index in [0.717, 1.165) is 6.07 Å². The quantitative estimate of drug-likeness (QED) is 0.643. The van der Waals surface area contributed by atoms with Gasteiger partial charge in [0.15, 0.2) is 0 Å². The lowest BCUT2D eigenvalue weighted by Crippen LogP contribution is -2.01. The van der Waals surface area contributed by atoms with E-state index in [2.05, 4.69) is 15.9 Å². The SMILES string of the molecule is NCc1cc(Br)c([N+](=O)[O-])cc1F. The molecule has 0 heterocycles. The van der Waals surface area contributed by atoms with E-state index < -0.39 is 10.7 Å². The summed E-state index contributed by atoms with van der Waals surface area (Å²) in [4.78, 5) is 9.69. The van der Waals surface area contributed by atoms with Crippen LogP contribution in [0.4, 0.5) is 10.1 Å². The number of nitrogens with two attached hydrogens (primary N) is 1. The Morgan fingerprint density at radius 3 is 2.69 bits per heavy atom. The van der Waals surface area contributed by atoms with E-state index in [0.29, 0.717) is 0 Å². The van der Waals surface area contributed by atoms with E-state index in [-0.39, 0.29) is 22.3 Å². The molecule has 2 N–H and O–H groups in total. The van der Waals surface area contributed by atoms with Crippen molar-refractivity contribution in [3.8, 4) is 0 Å². The average Bonchev–Trinajstić information content (AvgIpc) is 2.07. The molecule has 0 aliphatic carbocycles. The molecule has 4 nitrogen and oxygen atoms in total. The second kappa shape index (κ2) is 3.80. The molecule has 1 aromatic rings. The molecule has 6 heteroatoms. The van der Waals surface area contributed by atoms with Crippen LogP contribution in [-0.4, -0.2) is 4.92 Å². The number of rotatable bonds is 2. The Bertz CT molecular complexity index is 357. The molecular weight excluding hydrogens is 243 g/mol. The summed E-state index contributed by atoms with van der Waals surface area (Å²) in [6.45, 7) is 0.0163. The number of nitro benzene ring substituents is 1. The minimum absolute atomic E-state index is 0.0163. The highest BCUT2D eigenvalue weighted by atomic mass is 79.9. The third kappa shape index (κ3) is 2.02. The van der Waals surface area contributed by atoms with Gasteiger partial charge in [0.2, 0.25) is 0 Å². The molecule has 0 unspecified atom stereocenters. The van der Waals surface area contributed by atoms with Crippen molar-refractivity contribution >= 4 is 21.6 Å². The molecule has 0 fully saturated rings. The average molecular weight is 249 g/mol. The smallest absolute Gasteiger partial charge is 0.286 e. The van der Waals surface area contributed by atoms with Crippen LogP contribution < -0.4 is 5.73 Å². The van der Waals surface area contributed by atoms with Gasteiger partial charge in [0.1, 0.15) is 5.82 Å². The van der Waals surface area contributed by atoms with Crippen molar-refractivity contribution in [1.29, 1.82) is 0 Å². The van der Waals surface area contributed by atoms with Crippen LogP contribution >= 0.6 is 15.9 Å². The highest BCUT2D eigenvalue weighted by Gasteiger charge is 2.15. The van der Waals surface area contributed by atoms with Gasteiger partial charge in [-0.15, -0.1) is 0 Å². The predicted molar refractivity (Wildman–Crippen MR) is 48.6 cm³/mol. The molecule has 1 rings (SSSR count). The molecule has 0 amide bonds. The molecular formula is C7H6BrFN2O2. The fourth-order valence-electron chi connectivity index (χ4n) is 0.874. The number of hydrogen-bond acceptors (Lipinski definition) is 3. The molecule has 0 aliphatic heterocycles. The van der Waals surface area contributed by atoms with Crippen LogP contribution in [0.2, 0.25) is 0 Å². The molecule has 0 aliphatic rings. The maximum Gasteiger partial charge on any atom is 0.286 e. The normalized spacial score (nSPS) is 10.1. The van der Waals surface area contributed by atoms with Crippen molar-refractivity contribution in [3.05, 3.63) is 38.1 Å². The van der Waals surface area contributed by atoms with E-state index in [9.17, 15) is 14.5 Å². The topological polar surface area (TPSA) is 69.2 Å². The third-order valence-corrected chi connectivity index (χ3v) is 2.17. The Morgan fingerprint density at radius 2 is 2.23 bits per heavy atom. The first-order valence-electron chi connectivity index (χ1n) is 3.38. The van der Waals surface area contributed by atoms with Crippen LogP contribution in [0.3, 0.4) is 0 Å². The summed E-state index contributed by atoms with van der Waals surface area (Å²) in [6.07, 6.45) is 0. The molecule has 0 atom stereocenters. The maximum absolute atomic E-state index is 13.0. The van der Waals surface area contributed by atoms with Gasteiger partial charge in [-0.1, -0.05) is 0 Å². The van der Waals surface area contributed by atoms with Crippen LogP contribution in [0, 0.1) is 15.9 Å². The summed E-state index contributed by atoms with van der Waals surface area (Å²) in [5.74, 6) is -0.655. The van der Waals surface area contributed by atoms with E-state index >= 15 is 0 Å². The van der Waals surface area contributed by atoms with Crippen molar-refractivity contribution in [2.75, 3.05) is 0 Å². The van der Waals surface area contributed by atoms with Gasteiger partial charge in [-0.25, -0.2) is 4.39 Å². The largest absolute Gasteiger partial charge is 0.326 e. The Labute approximate surface area is 81.8 Å². The minimum atomic E-state index is -0.659. The number of nitrogens with zero attached hydrogens (tertiary/aromatic N) is 1. The monoisotopic (exact) mass is 248 g/mol. The third-order valence-electron chi connectivity index (χ3n) is 1.53. The van der Waals surface area contributed by atoms with Gasteiger partial charge in [0.05, 0.1) is 15.5 Å².